The monoisotopic (exact) mass is 302 g/mol. The van der Waals surface area contributed by atoms with Crippen LogP contribution in [0.1, 0.15) is 33.1 Å². The molecule has 2 rings (SSSR count). The highest BCUT2D eigenvalue weighted by Crippen LogP contribution is 2.34. The van der Waals surface area contributed by atoms with Crippen LogP contribution < -0.4 is 10.2 Å². The Balaban J connectivity index is 2.12. The zero-order chi connectivity index (χ0) is 14.7. The molecule has 0 aliphatic carbocycles. The first kappa shape index (κ1) is 15.5. The van der Waals surface area contributed by atoms with Crippen molar-refractivity contribution in [3.8, 4) is 0 Å². The first-order chi connectivity index (χ1) is 9.52. The molecule has 2 nitrogen and oxygen atoms in total. The molecule has 1 aromatic carbocycles. The van der Waals surface area contributed by atoms with Gasteiger partial charge in [-0.25, -0.2) is 8.78 Å². The van der Waals surface area contributed by atoms with E-state index in [4.69, 9.17) is 11.6 Å². The Labute approximate surface area is 124 Å². The van der Waals surface area contributed by atoms with Gasteiger partial charge in [0.05, 0.1) is 10.7 Å². The minimum Gasteiger partial charge on any atom is -0.365 e. The molecule has 1 saturated heterocycles. The number of benzene rings is 1. The van der Waals surface area contributed by atoms with Crippen LogP contribution in [0.4, 0.5) is 14.5 Å². The molecule has 0 saturated carbocycles. The summed E-state index contributed by atoms with van der Waals surface area (Å²) in [6.45, 7) is 5.92. The van der Waals surface area contributed by atoms with Gasteiger partial charge in [0.25, 0.3) is 0 Å². The van der Waals surface area contributed by atoms with E-state index < -0.39 is 11.6 Å². The van der Waals surface area contributed by atoms with Crippen LogP contribution in [0.25, 0.3) is 0 Å². The van der Waals surface area contributed by atoms with E-state index in [0.717, 1.165) is 38.4 Å². The molecule has 0 spiro atoms. The van der Waals surface area contributed by atoms with Crippen molar-refractivity contribution in [2.45, 2.75) is 45.2 Å². The fourth-order valence-corrected chi connectivity index (χ4v) is 3.15. The lowest BCUT2D eigenvalue weighted by Crippen LogP contribution is -2.48. The minimum absolute atomic E-state index is 0.148. The van der Waals surface area contributed by atoms with Gasteiger partial charge in [-0.3, -0.25) is 0 Å². The topological polar surface area (TPSA) is 15.3 Å². The number of nitrogens with zero attached hydrogens (tertiary/aromatic N) is 1. The molecule has 0 aromatic heterocycles. The van der Waals surface area contributed by atoms with Gasteiger partial charge < -0.3 is 10.2 Å². The molecule has 2 atom stereocenters. The van der Waals surface area contributed by atoms with E-state index in [1.165, 1.54) is 6.07 Å². The lowest BCUT2D eigenvalue weighted by Gasteiger charge is -2.40. The molecule has 0 amide bonds. The number of piperidine rings is 1. The predicted molar refractivity (Wildman–Crippen MR) is 79.5 cm³/mol. The van der Waals surface area contributed by atoms with Crippen LogP contribution >= 0.6 is 11.6 Å². The van der Waals surface area contributed by atoms with Crippen LogP contribution in [0.15, 0.2) is 12.1 Å². The molecule has 1 aliphatic heterocycles. The number of halogens is 3. The second-order valence-corrected chi connectivity index (χ2v) is 5.84. The average molecular weight is 303 g/mol. The third kappa shape index (κ3) is 3.41. The smallest absolute Gasteiger partial charge is 0.150 e. The summed E-state index contributed by atoms with van der Waals surface area (Å²) in [4.78, 5) is 1.95. The predicted octanol–water partition coefficient (Wildman–Crippen LogP) is 3.98. The number of anilines is 1. The Bertz CT molecular complexity index is 444. The van der Waals surface area contributed by atoms with Gasteiger partial charge in [0.1, 0.15) is 5.82 Å². The van der Waals surface area contributed by atoms with Crippen molar-refractivity contribution < 1.29 is 8.78 Å². The molecular weight excluding hydrogens is 282 g/mol. The van der Waals surface area contributed by atoms with Crippen molar-refractivity contribution in [1.82, 2.24) is 5.32 Å². The Morgan fingerprint density at radius 1 is 1.40 bits per heavy atom. The summed E-state index contributed by atoms with van der Waals surface area (Å²) in [6, 6.07) is 2.71. The Hall–Kier alpha value is -0.870. The van der Waals surface area contributed by atoms with Crippen LogP contribution in [-0.2, 0) is 0 Å². The molecule has 1 aliphatic rings. The molecule has 1 fully saturated rings. The Morgan fingerprint density at radius 3 is 2.75 bits per heavy atom. The highest BCUT2D eigenvalue weighted by molar-refractivity contribution is 6.33. The highest BCUT2D eigenvalue weighted by Gasteiger charge is 2.28. The maximum atomic E-state index is 14.0. The van der Waals surface area contributed by atoms with Gasteiger partial charge in [-0.05, 0) is 38.8 Å². The maximum absolute atomic E-state index is 14.0. The first-order valence-corrected chi connectivity index (χ1v) is 7.55. The van der Waals surface area contributed by atoms with Gasteiger partial charge in [-0.15, -0.1) is 0 Å². The molecule has 5 heteroatoms. The van der Waals surface area contributed by atoms with E-state index in [1.807, 2.05) is 4.90 Å². The highest BCUT2D eigenvalue weighted by atomic mass is 35.5. The molecule has 1 N–H and O–H groups in total. The minimum atomic E-state index is -0.636. The van der Waals surface area contributed by atoms with Crippen LogP contribution in [0.5, 0.6) is 0 Å². The molecule has 1 heterocycles. The van der Waals surface area contributed by atoms with Gasteiger partial charge in [-0.2, -0.15) is 0 Å². The second-order valence-electron chi connectivity index (χ2n) is 5.44. The molecular formula is C15H21ClF2N2. The van der Waals surface area contributed by atoms with Crippen molar-refractivity contribution in [3.05, 3.63) is 28.8 Å². The van der Waals surface area contributed by atoms with Gasteiger partial charge in [0.2, 0.25) is 0 Å². The number of nitrogens with one attached hydrogen (secondary N) is 1. The summed E-state index contributed by atoms with van der Waals surface area (Å²) in [7, 11) is 0. The van der Waals surface area contributed by atoms with Crippen LogP contribution in [-0.4, -0.2) is 25.2 Å². The summed E-state index contributed by atoms with van der Waals surface area (Å²) < 4.78 is 27.1. The van der Waals surface area contributed by atoms with Crippen LogP contribution in [0.3, 0.4) is 0 Å². The Morgan fingerprint density at radius 2 is 2.15 bits per heavy atom. The van der Waals surface area contributed by atoms with E-state index in [2.05, 4.69) is 19.2 Å². The van der Waals surface area contributed by atoms with Gasteiger partial charge in [-0.1, -0.05) is 18.5 Å². The van der Waals surface area contributed by atoms with Crippen molar-refractivity contribution in [3.63, 3.8) is 0 Å². The fraction of sp³-hybridized carbons (Fsp3) is 0.600. The van der Waals surface area contributed by atoms with Gasteiger partial charge in [0, 0.05) is 24.7 Å². The fourth-order valence-electron chi connectivity index (χ4n) is 2.85. The van der Waals surface area contributed by atoms with E-state index >= 15 is 0 Å². The van der Waals surface area contributed by atoms with Crippen molar-refractivity contribution in [2.24, 2.45) is 0 Å². The third-order valence-electron chi connectivity index (χ3n) is 3.83. The van der Waals surface area contributed by atoms with Crippen molar-refractivity contribution in [1.29, 1.82) is 0 Å². The van der Waals surface area contributed by atoms with Gasteiger partial charge >= 0.3 is 0 Å². The molecule has 112 valence electrons. The largest absolute Gasteiger partial charge is 0.365 e. The van der Waals surface area contributed by atoms with Gasteiger partial charge in [0.15, 0.2) is 5.82 Å². The molecule has 1 aromatic rings. The van der Waals surface area contributed by atoms with Crippen molar-refractivity contribution >= 4 is 17.3 Å². The summed E-state index contributed by atoms with van der Waals surface area (Å²) in [5, 5.41) is 3.65. The van der Waals surface area contributed by atoms with Crippen molar-refractivity contribution in [2.75, 3.05) is 18.0 Å². The zero-order valence-corrected chi connectivity index (χ0v) is 12.7. The number of rotatable bonds is 4. The Kier molecular flexibility index (Phi) is 5.22. The first-order valence-electron chi connectivity index (χ1n) is 7.17. The quantitative estimate of drug-likeness (QED) is 0.905. The number of hydrogen-bond donors (Lipinski definition) is 1. The average Bonchev–Trinajstić information content (AvgIpc) is 2.37. The summed E-state index contributed by atoms with van der Waals surface area (Å²) in [5.41, 5.74) is 0.328. The summed E-state index contributed by atoms with van der Waals surface area (Å²) >= 11 is 6.02. The zero-order valence-electron chi connectivity index (χ0n) is 11.9. The van der Waals surface area contributed by atoms with E-state index in [9.17, 15) is 8.78 Å². The lowest BCUT2D eigenvalue weighted by molar-refractivity contribution is 0.366. The summed E-state index contributed by atoms with van der Waals surface area (Å²) in [5.74, 6) is -1.22. The van der Waals surface area contributed by atoms with E-state index in [-0.39, 0.29) is 11.1 Å². The maximum Gasteiger partial charge on any atom is 0.150 e. The number of hydrogen-bond acceptors (Lipinski definition) is 2. The standard InChI is InChI=1S/C15H21ClF2N2/c1-3-5-19-12-4-6-20(10(2)7-12)15-13(16)8-11(17)9-14(15)18/h8-10,12,19H,3-7H2,1-2H3. The molecule has 20 heavy (non-hydrogen) atoms. The third-order valence-corrected chi connectivity index (χ3v) is 4.12. The summed E-state index contributed by atoms with van der Waals surface area (Å²) in [6.07, 6.45) is 2.98. The molecule has 0 bridgehead atoms. The van der Waals surface area contributed by atoms with Crippen LogP contribution in [0.2, 0.25) is 5.02 Å². The van der Waals surface area contributed by atoms with Crippen LogP contribution in [0, 0.1) is 11.6 Å². The van der Waals surface area contributed by atoms with E-state index in [1.54, 1.807) is 0 Å². The second kappa shape index (κ2) is 6.72. The lowest BCUT2D eigenvalue weighted by atomic mass is 9.97. The molecule has 2 unspecified atom stereocenters. The molecule has 0 radical (unpaired) electrons. The van der Waals surface area contributed by atoms with E-state index in [0.29, 0.717) is 11.7 Å². The normalized spacial score (nSPS) is 23.1. The SMILES string of the molecule is CCCNC1CCN(c2c(F)cc(F)cc2Cl)C(C)C1.